The Morgan fingerprint density at radius 2 is 1.22 bits per heavy atom. The molecule has 0 radical (unpaired) electrons. The SMILES string of the molecule is C(#Cc1ccc(C#Cc2ccccc2)c(C2=CC=CC2)c1)c1ccccc1. The number of hydrogen-bond donors (Lipinski definition) is 0. The lowest BCUT2D eigenvalue weighted by atomic mass is 9.96. The molecule has 1 aliphatic rings. The van der Waals surface area contributed by atoms with Gasteiger partial charge in [-0.15, -0.1) is 0 Å². The summed E-state index contributed by atoms with van der Waals surface area (Å²) in [6.45, 7) is 0. The molecule has 0 N–H and O–H groups in total. The smallest absolute Gasteiger partial charge is 0.0325 e. The first-order valence-electron chi connectivity index (χ1n) is 9.03. The Bertz CT molecular complexity index is 1120. The van der Waals surface area contributed by atoms with Gasteiger partial charge in [0.2, 0.25) is 0 Å². The van der Waals surface area contributed by atoms with E-state index in [-0.39, 0.29) is 0 Å². The summed E-state index contributed by atoms with van der Waals surface area (Å²) in [5.41, 5.74) is 6.55. The van der Waals surface area contributed by atoms with Crippen molar-refractivity contribution in [3.63, 3.8) is 0 Å². The Hall–Kier alpha value is -3.74. The fourth-order valence-electron chi connectivity index (χ4n) is 2.97. The van der Waals surface area contributed by atoms with Crippen molar-refractivity contribution in [2.24, 2.45) is 0 Å². The lowest BCUT2D eigenvalue weighted by Crippen LogP contribution is -1.90. The summed E-state index contributed by atoms with van der Waals surface area (Å²) in [7, 11) is 0. The summed E-state index contributed by atoms with van der Waals surface area (Å²) in [4.78, 5) is 0. The molecule has 0 unspecified atom stereocenters. The zero-order chi connectivity index (χ0) is 18.3. The number of hydrogen-bond acceptors (Lipinski definition) is 0. The molecule has 0 saturated heterocycles. The maximum absolute atomic E-state index is 3.34. The number of allylic oxidation sites excluding steroid dienone is 4. The Morgan fingerprint density at radius 3 is 1.85 bits per heavy atom. The summed E-state index contributed by atoms with van der Waals surface area (Å²) in [6.07, 6.45) is 7.38. The van der Waals surface area contributed by atoms with Gasteiger partial charge >= 0.3 is 0 Å². The topological polar surface area (TPSA) is 0 Å². The van der Waals surface area contributed by atoms with Crippen LogP contribution in [0.2, 0.25) is 0 Å². The predicted molar refractivity (Wildman–Crippen MR) is 113 cm³/mol. The summed E-state index contributed by atoms with van der Waals surface area (Å²) in [5.74, 6) is 13.1. The molecule has 0 aromatic heterocycles. The van der Waals surface area contributed by atoms with E-state index in [4.69, 9.17) is 0 Å². The summed E-state index contributed by atoms with van der Waals surface area (Å²) in [5, 5.41) is 0. The van der Waals surface area contributed by atoms with Gasteiger partial charge in [-0.2, -0.15) is 0 Å². The van der Waals surface area contributed by atoms with E-state index in [0.717, 1.165) is 28.7 Å². The summed E-state index contributed by atoms with van der Waals surface area (Å²) < 4.78 is 0. The second kappa shape index (κ2) is 8.09. The van der Waals surface area contributed by atoms with Gasteiger partial charge in [-0.3, -0.25) is 0 Å². The molecule has 3 aromatic rings. The van der Waals surface area contributed by atoms with Gasteiger partial charge in [-0.25, -0.2) is 0 Å². The fraction of sp³-hybridized carbons (Fsp3) is 0.0370. The zero-order valence-electron chi connectivity index (χ0n) is 14.9. The van der Waals surface area contributed by atoms with Crippen LogP contribution in [0.1, 0.15) is 34.2 Å². The van der Waals surface area contributed by atoms with E-state index in [9.17, 15) is 0 Å². The van der Waals surface area contributed by atoms with Gasteiger partial charge in [0.05, 0.1) is 0 Å². The number of rotatable bonds is 1. The molecular formula is C27H18. The third kappa shape index (κ3) is 4.27. The predicted octanol–water partition coefficient (Wildman–Crippen LogP) is 5.83. The molecule has 0 atom stereocenters. The van der Waals surface area contributed by atoms with E-state index >= 15 is 0 Å². The molecule has 0 amide bonds. The molecule has 1 aliphatic carbocycles. The summed E-state index contributed by atoms with van der Waals surface area (Å²) in [6, 6.07) is 26.4. The van der Waals surface area contributed by atoms with Crippen molar-refractivity contribution in [2.45, 2.75) is 6.42 Å². The van der Waals surface area contributed by atoms with Crippen molar-refractivity contribution in [3.8, 4) is 23.7 Å². The Balaban J connectivity index is 1.70. The van der Waals surface area contributed by atoms with Gasteiger partial charge in [0.1, 0.15) is 0 Å². The van der Waals surface area contributed by atoms with Crippen LogP contribution >= 0.6 is 0 Å². The minimum atomic E-state index is 0.940. The van der Waals surface area contributed by atoms with Crippen LogP contribution in [0.15, 0.2) is 97.1 Å². The monoisotopic (exact) mass is 342 g/mol. The Morgan fingerprint density at radius 1 is 0.593 bits per heavy atom. The van der Waals surface area contributed by atoms with Gasteiger partial charge in [-0.1, -0.05) is 78.3 Å². The standard InChI is InChI=1S/C27H18/c1-3-9-22(10-4-1)15-16-24-18-20-26(19-17-23-11-5-2-6-12-23)27(21-24)25-13-7-8-14-25/h1-13,18,20-21H,14H2. The van der Waals surface area contributed by atoms with Crippen LogP contribution in [-0.4, -0.2) is 0 Å². The lowest BCUT2D eigenvalue weighted by molar-refractivity contribution is 1.41. The van der Waals surface area contributed by atoms with Gasteiger partial charge in [0.15, 0.2) is 0 Å². The van der Waals surface area contributed by atoms with Crippen molar-refractivity contribution in [1.82, 2.24) is 0 Å². The molecule has 0 spiro atoms. The molecule has 0 nitrogen and oxygen atoms in total. The van der Waals surface area contributed by atoms with E-state index in [2.05, 4.69) is 60.1 Å². The van der Waals surface area contributed by atoms with Crippen LogP contribution in [0, 0.1) is 23.7 Å². The van der Waals surface area contributed by atoms with Crippen LogP contribution in [0.4, 0.5) is 0 Å². The molecule has 0 fully saturated rings. The molecule has 0 bridgehead atoms. The molecule has 4 rings (SSSR count). The molecular weight excluding hydrogens is 324 g/mol. The highest BCUT2D eigenvalue weighted by Gasteiger charge is 2.08. The van der Waals surface area contributed by atoms with E-state index in [1.54, 1.807) is 0 Å². The second-order valence-corrected chi connectivity index (χ2v) is 6.32. The van der Waals surface area contributed by atoms with E-state index in [1.165, 1.54) is 11.1 Å². The van der Waals surface area contributed by atoms with Crippen molar-refractivity contribution < 1.29 is 0 Å². The normalized spacial score (nSPS) is 11.8. The molecule has 0 heteroatoms. The number of benzene rings is 3. The fourth-order valence-corrected chi connectivity index (χ4v) is 2.97. The lowest BCUT2D eigenvalue weighted by Gasteiger charge is -2.07. The van der Waals surface area contributed by atoms with Gasteiger partial charge in [-0.05, 0) is 60.0 Å². The van der Waals surface area contributed by atoms with Gasteiger partial charge in [0.25, 0.3) is 0 Å². The summed E-state index contributed by atoms with van der Waals surface area (Å²) >= 11 is 0. The second-order valence-electron chi connectivity index (χ2n) is 6.32. The average Bonchev–Trinajstić information content (AvgIpc) is 3.27. The van der Waals surface area contributed by atoms with E-state index in [1.807, 2.05) is 60.7 Å². The maximum Gasteiger partial charge on any atom is 0.0325 e. The highest BCUT2D eigenvalue weighted by atomic mass is 14.1. The largest absolute Gasteiger partial charge is 0.0801 e. The quantitative estimate of drug-likeness (QED) is 0.488. The van der Waals surface area contributed by atoms with Crippen LogP contribution in [-0.2, 0) is 0 Å². The maximum atomic E-state index is 3.34. The minimum absolute atomic E-state index is 0.940. The van der Waals surface area contributed by atoms with Crippen molar-refractivity contribution >= 4 is 5.57 Å². The van der Waals surface area contributed by atoms with Gasteiger partial charge in [0, 0.05) is 22.3 Å². The van der Waals surface area contributed by atoms with Crippen LogP contribution in [0.25, 0.3) is 5.57 Å². The Labute approximate surface area is 160 Å². The zero-order valence-corrected chi connectivity index (χ0v) is 14.9. The molecule has 27 heavy (non-hydrogen) atoms. The minimum Gasteiger partial charge on any atom is -0.0801 e. The third-order valence-electron chi connectivity index (χ3n) is 4.38. The Kier molecular flexibility index (Phi) is 5.01. The first-order chi connectivity index (χ1) is 13.4. The third-order valence-corrected chi connectivity index (χ3v) is 4.38. The molecule has 126 valence electrons. The average molecular weight is 342 g/mol. The van der Waals surface area contributed by atoms with Crippen molar-refractivity contribution in [3.05, 3.63) is 125 Å². The van der Waals surface area contributed by atoms with Crippen LogP contribution < -0.4 is 0 Å². The molecule has 0 heterocycles. The van der Waals surface area contributed by atoms with Crippen LogP contribution in [0.5, 0.6) is 0 Å². The molecule has 3 aromatic carbocycles. The first kappa shape index (κ1) is 16.7. The molecule has 0 saturated carbocycles. The highest BCUT2D eigenvalue weighted by molar-refractivity contribution is 5.76. The highest BCUT2D eigenvalue weighted by Crippen LogP contribution is 2.27. The van der Waals surface area contributed by atoms with E-state index < -0.39 is 0 Å². The first-order valence-corrected chi connectivity index (χ1v) is 9.03. The van der Waals surface area contributed by atoms with Gasteiger partial charge < -0.3 is 0 Å². The van der Waals surface area contributed by atoms with E-state index in [0.29, 0.717) is 0 Å². The molecule has 0 aliphatic heterocycles. The van der Waals surface area contributed by atoms with Crippen LogP contribution in [0.3, 0.4) is 0 Å². The van der Waals surface area contributed by atoms with Crippen molar-refractivity contribution in [2.75, 3.05) is 0 Å². The van der Waals surface area contributed by atoms with Crippen molar-refractivity contribution in [1.29, 1.82) is 0 Å².